The Labute approximate surface area is 211 Å². The van der Waals surface area contributed by atoms with E-state index in [2.05, 4.69) is 21.2 Å². The Hall–Kier alpha value is -2.06. The van der Waals surface area contributed by atoms with Crippen LogP contribution in [0.4, 0.5) is 10.6 Å². The van der Waals surface area contributed by atoms with Crippen LogP contribution in [0.15, 0.2) is 46.9 Å². The van der Waals surface area contributed by atoms with Gasteiger partial charge >= 0.3 is 6.03 Å². The molecule has 4 rings (SSSR count). The van der Waals surface area contributed by atoms with Crippen LogP contribution in [0.1, 0.15) is 37.8 Å². The number of hydrogen-bond donors (Lipinski definition) is 2. The highest BCUT2D eigenvalue weighted by Crippen LogP contribution is 2.35. The van der Waals surface area contributed by atoms with Crippen molar-refractivity contribution < 1.29 is 9.90 Å². The van der Waals surface area contributed by atoms with Crippen LogP contribution in [-0.2, 0) is 6.61 Å². The summed E-state index contributed by atoms with van der Waals surface area (Å²) in [5.41, 5.74) is 1.88. The number of aliphatic hydroxyl groups is 1. The molecule has 0 spiro atoms. The number of halogens is 3. The zero-order valence-corrected chi connectivity index (χ0v) is 21.3. The molecule has 1 fully saturated rings. The molecule has 0 aliphatic heterocycles. The normalized spacial score (nSPS) is 14.3. The quantitative estimate of drug-likeness (QED) is 0.362. The molecule has 33 heavy (non-hydrogen) atoms. The van der Waals surface area contributed by atoms with E-state index in [1.54, 1.807) is 27.7 Å². The van der Waals surface area contributed by atoms with Crippen molar-refractivity contribution in [1.82, 2.24) is 14.5 Å². The second-order valence-corrected chi connectivity index (χ2v) is 9.92. The maximum atomic E-state index is 13.1. The molecule has 1 aromatic heterocycles. The number of aliphatic hydroxyl groups excluding tert-OH is 1. The molecule has 9 heteroatoms. The highest BCUT2D eigenvalue weighted by atomic mass is 79.9. The molecule has 0 saturated heterocycles. The van der Waals surface area contributed by atoms with Gasteiger partial charge in [0.25, 0.3) is 0 Å². The van der Waals surface area contributed by atoms with Crippen molar-refractivity contribution in [3.8, 4) is 17.1 Å². The summed E-state index contributed by atoms with van der Waals surface area (Å²) in [4.78, 5) is 19.5. The zero-order valence-electron chi connectivity index (χ0n) is 18.2. The summed E-state index contributed by atoms with van der Waals surface area (Å²) < 4.78 is 2.73. The second-order valence-electron chi connectivity index (χ2n) is 8.16. The van der Waals surface area contributed by atoms with E-state index in [0.29, 0.717) is 32.9 Å². The number of rotatable bonds is 5. The highest BCUT2D eigenvalue weighted by molar-refractivity contribution is 9.10. The average molecular weight is 552 g/mol. The molecule has 3 aromatic rings. The van der Waals surface area contributed by atoms with Gasteiger partial charge < -0.3 is 10.0 Å². The van der Waals surface area contributed by atoms with Crippen molar-refractivity contribution in [2.75, 3.05) is 12.4 Å². The van der Waals surface area contributed by atoms with Gasteiger partial charge in [-0.05, 0) is 55.3 Å². The minimum absolute atomic E-state index is 0.204. The van der Waals surface area contributed by atoms with Crippen molar-refractivity contribution in [3.05, 3.63) is 62.7 Å². The van der Waals surface area contributed by atoms with Gasteiger partial charge in [0.05, 0.1) is 17.3 Å². The molecule has 0 unspecified atom stereocenters. The van der Waals surface area contributed by atoms with Crippen LogP contribution in [0.3, 0.4) is 0 Å². The molecule has 1 aliphatic carbocycles. The summed E-state index contributed by atoms with van der Waals surface area (Å²) >= 11 is 16.1. The number of anilines is 1. The number of aromatic nitrogens is 2. The second kappa shape index (κ2) is 10.5. The molecule has 174 valence electrons. The number of carbonyl (C=O) groups excluding carboxylic acids is 1. The summed E-state index contributed by atoms with van der Waals surface area (Å²) in [7, 11) is 1.81. The first-order valence-electron chi connectivity index (χ1n) is 10.9. The Morgan fingerprint density at radius 1 is 1.18 bits per heavy atom. The first kappa shape index (κ1) is 24.1. The maximum absolute atomic E-state index is 13.1. The highest BCUT2D eigenvalue weighted by Gasteiger charge is 2.26. The summed E-state index contributed by atoms with van der Waals surface area (Å²) in [6.07, 6.45) is 5.46. The van der Waals surface area contributed by atoms with E-state index in [0.717, 1.165) is 35.8 Å². The van der Waals surface area contributed by atoms with Gasteiger partial charge in [-0.3, -0.25) is 9.88 Å². The lowest BCUT2D eigenvalue weighted by molar-refractivity contribution is 0.186. The lowest BCUT2D eigenvalue weighted by Crippen LogP contribution is -2.41. The molecule has 2 amide bonds. The fraction of sp³-hybridized carbons (Fsp3) is 0.333. The minimum atomic E-state index is -0.322. The van der Waals surface area contributed by atoms with E-state index in [1.165, 1.54) is 6.42 Å². The maximum Gasteiger partial charge on any atom is 0.323 e. The van der Waals surface area contributed by atoms with Gasteiger partial charge in [0.15, 0.2) is 5.82 Å². The van der Waals surface area contributed by atoms with Gasteiger partial charge in [-0.1, -0.05) is 58.4 Å². The fourth-order valence-electron chi connectivity index (χ4n) is 4.24. The van der Waals surface area contributed by atoms with Crippen LogP contribution in [0, 0.1) is 0 Å². The van der Waals surface area contributed by atoms with Crippen LogP contribution in [-0.4, -0.2) is 38.7 Å². The minimum Gasteiger partial charge on any atom is -0.390 e. The monoisotopic (exact) mass is 550 g/mol. The summed E-state index contributed by atoms with van der Waals surface area (Å²) in [6.45, 7) is -0.322. The SMILES string of the molecule is CN(C(=O)Nc1nc(-c2ccc(Cl)cc2Cl)n(-c2ccc(Br)cc2)c1CO)C1CCCCC1. The van der Waals surface area contributed by atoms with Crippen molar-refractivity contribution in [3.63, 3.8) is 0 Å². The van der Waals surface area contributed by atoms with E-state index >= 15 is 0 Å². The number of urea groups is 1. The van der Waals surface area contributed by atoms with Gasteiger partial charge in [0, 0.05) is 33.8 Å². The number of nitrogens with one attached hydrogen (secondary N) is 1. The topological polar surface area (TPSA) is 70.4 Å². The van der Waals surface area contributed by atoms with Crippen LogP contribution in [0.2, 0.25) is 10.0 Å². The lowest BCUT2D eigenvalue weighted by atomic mass is 9.95. The lowest BCUT2D eigenvalue weighted by Gasteiger charge is -2.31. The number of benzene rings is 2. The molecule has 6 nitrogen and oxygen atoms in total. The zero-order chi connectivity index (χ0) is 23.5. The standard InChI is InChI=1S/C24H25BrCl2N4O2/c1-30(17-5-3-2-4-6-17)24(33)29-22-21(14-32)31(18-10-7-15(25)8-11-18)23(28-22)19-12-9-16(26)13-20(19)27/h7-13,17,32H,2-6,14H2,1H3,(H,29,33). The van der Waals surface area contributed by atoms with Crippen molar-refractivity contribution in [1.29, 1.82) is 0 Å². The number of imidazole rings is 1. The molecular formula is C24H25BrCl2N4O2. The van der Waals surface area contributed by atoms with Gasteiger partial charge in [0.2, 0.25) is 0 Å². The summed E-state index contributed by atoms with van der Waals surface area (Å²) in [5, 5.41) is 14.2. The smallest absolute Gasteiger partial charge is 0.323 e. The van der Waals surface area contributed by atoms with Gasteiger partial charge in [-0.15, -0.1) is 0 Å². The third kappa shape index (κ3) is 5.22. The third-order valence-electron chi connectivity index (χ3n) is 6.05. The number of amides is 2. The van der Waals surface area contributed by atoms with Gasteiger partial charge in [-0.2, -0.15) is 0 Å². The number of hydrogen-bond acceptors (Lipinski definition) is 3. The van der Waals surface area contributed by atoms with E-state index in [9.17, 15) is 9.90 Å². The van der Waals surface area contributed by atoms with Crippen LogP contribution in [0.25, 0.3) is 17.1 Å². The van der Waals surface area contributed by atoms with E-state index < -0.39 is 0 Å². The Kier molecular flexibility index (Phi) is 7.64. The first-order valence-corrected chi connectivity index (χ1v) is 12.4. The average Bonchev–Trinajstić information content (AvgIpc) is 3.17. The van der Waals surface area contributed by atoms with Crippen molar-refractivity contribution >= 4 is 51.0 Å². The molecular weight excluding hydrogens is 527 g/mol. The third-order valence-corrected chi connectivity index (χ3v) is 7.12. The summed E-state index contributed by atoms with van der Waals surface area (Å²) in [5.74, 6) is 0.799. The first-order chi connectivity index (χ1) is 15.9. The predicted molar refractivity (Wildman–Crippen MR) is 136 cm³/mol. The molecule has 1 heterocycles. The van der Waals surface area contributed by atoms with E-state index in [-0.39, 0.29) is 18.7 Å². The molecule has 2 aromatic carbocycles. The van der Waals surface area contributed by atoms with Gasteiger partial charge in [0.1, 0.15) is 5.82 Å². The number of nitrogens with zero attached hydrogens (tertiary/aromatic N) is 3. The molecule has 0 radical (unpaired) electrons. The Bertz CT molecular complexity index is 1140. The Morgan fingerprint density at radius 3 is 2.52 bits per heavy atom. The van der Waals surface area contributed by atoms with Crippen molar-refractivity contribution in [2.24, 2.45) is 0 Å². The Balaban J connectivity index is 1.77. The number of carbonyl (C=O) groups is 1. The van der Waals surface area contributed by atoms with Crippen LogP contribution in [0.5, 0.6) is 0 Å². The van der Waals surface area contributed by atoms with E-state index in [1.807, 2.05) is 31.3 Å². The molecule has 1 aliphatic rings. The largest absolute Gasteiger partial charge is 0.390 e. The Morgan fingerprint density at radius 2 is 1.88 bits per heavy atom. The molecule has 1 saturated carbocycles. The summed E-state index contributed by atoms with van der Waals surface area (Å²) in [6, 6.07) is 12.7. The van der Waals surface area contributed by atoms with Gasteiger partial charge in [-0.25, -0.2) is 9.78 Å². The fourth-order valence-corrected chi connectivity index (χ4v) is 5.00. The van der Waals surface area contributed by atoms with Crippen LogP contribution >= 0.6 is 39.1 Å². The van der Waals surface area contributed by atoms with Crippen LogP contribution < -0.4 is 5.32 Å². The predicted octanol–water partition coefficient (Wildman–Crippen LogP) is 6.90. The van der Waals surface area contributed by atoms with Crippen molar-refractivity contribution in [2.45, 2.75) is 44.8 Å². The van der Waals surface area contributed by atoms with E-state index in [4.69, 9.17) is 28.2 Å². The molecule has 2 N–H and O–H groups in total. The molecule has 0 atom stereocenters. The molecule has 0 bridgehead atoms.